The molecular formula is C34H29F5N10S2. The number of nitrogens with two attached hydrogens (primary N) is 3. The minimum absolute atomic E-state index is 0.0419. The van der Waals surface area contributed by atoms with Crippen molar-refractivity contribution in [3.8, 4) is 0 Å². The topological polar surface area (TPSA) is 166 Å². The monoisotopic (exact) mass is 736 g/mol. The maximum Gasteiger partial charge on any atom is 0.431 e. The zero-order chi connectivity index (χ0) is 36.2. The van der Waals surface area contributed by atoms with E-state index in [0.29, 0.717) is 22.5 Å². The van der Waals surface area contributed by atoms with Crippen molar-refractivity contribution in [3.05, 3.63) is 126 Å². The molecule has 0 bridgehead atoms. The van der Waals surface area contributed by atoms with Crippen LogP contribution in [0.3, 0.4) is 0 Å². The molecule has 0 spiro atoms. The van der Waals surface area contributed by atoms with E-state index in [-0.39, 0.29) is 22.2 Å². The first-order valence-electron chi connectivity index (χ1n) is 15.3. The van der Waals surface area contributed by atoms with Gasteiger partial charge in [-0.05, 0) is 79.9 Å². The first-order chi connectivity index (χ1) is 24.4. The van der Waals surface area contributed by atoms with E-state index in [4.69, 9.17) is 17.2 Å². The Balaban J connectivity index is 0.000000176. The van der Waals surface area contributed by atoms with Crippen LogP contribution in [0.5, 0.6) is 0 Å². The van der Waals surface area contributed by atoms with E-state index in [1.54, 1.807) is 43.0 Å². The minimum atomic E-state index is -4.69. The number of allylic oxidation sites excluding steroid dienone is 1. The second-order valence-corrected chi connectivity index (χ2v) is 13.4. The van der Waals surface area contributed by atoms with E-state index in [1.807, 2.05) is 23.5 Å². The molecule has 1 aliphatic heterocycles. The summed E-state index contributed by atoms with van der Waals surface area (Å²) in [7, 11) is 0. The second kappa shape index (κ2) is 14.9. The normalized spacial score (nSPS) is 16.6. The number of pyridine rings is 2. The molecule has 0 radical (unpaired) electrons. The summed E-state index contributed by atoms with van der Waals surface area (Å²) in [5.41, 5.74) is 16.8. The van der Waals surface area contributed by atoms with Crippen LogP contribution in [0.25, 0.3) is 0 Å². The van der Waals surface area contributed by atoms with Crippen molar-refractivity contribution in [2.24, 2.45) is 16.5 Å². The molecule has 17 heteroatoms. The van der Waals surface area contributed by atoms with Crippen molar-refractivity contribution in [2.75, 3.05) is 11.1 Å². The Bertz CT molecular complexity index is 2100. The lowest BCUT2D eigenvalue weighted by molar-refractivity contribution is -0.0959. The average Bonchev–Trinajstić information content (AvgIpc) is 3.56. The predicted molar refractivity (Wildman–Crippen MR) is 186 cm³/mol. The zero-order valence-electron chi connectivity index (χ0n) is 26.5. The SMILES string of the molecule is NC1=NC(N)(c2ccc(Sc3ccncc3)c(F)c2)C=C(C(F)(F)F)N1.Nc1nc2c(c(Nc3ccc(Sc4ccncc4)c(F)c3)n1)CCC2. The van der Waals surface area contributed by atoms with E-state index in [9.17, 15) is 22.0 Å². The van der Waals surface area contributed by atoms with E-state index in [1.165, 1.54) is 30.0 Å². The van der Waals surface area contributed by atoms with Gasteiger partial charge in [-0.1, -0.05) is 29.6 Å². The number of nitrogens with one attached hydrogen (secondary N) is 2. The van der Waals surface area contributed by atoms with Gasteiger partial charge in [-0.2, -0.15) is 18.2 Å². The Morgan fingerprint density at radius 2 is 1.39 bits per heavy atom. The van der Waals surface area contributed by atoms with E-state index in [0.717, 1.165) is 58.1 Å². The molecule has 4 heterocycles. The molecular weight excluding hydrogens is 708 g/mol. The Morgan fingerprint density at radius 1 is 0.784 bits per heavy atom. The number of aliphatic imine (C=N–C) groups is 1. The molecule has 1 unspecified atom stereocenters. The van der Waals surface area contributed by atoms with Crippen LogP contribution in [-0.2, 0) is 18.5 Å². The third-order valence-corrected chi connectivity index (χ3v) is 9.65. The van der Waals surface area contributed by atoms with Crippen molar-refractivity contribution in [3.63, 3.8) is 0 Å². The van der Waals surface area contributed by atoms with Gasteiger partial charge in [0.2, 0.25) is 5.95 Å². The summed E-state index contributed by atoms with van der Waals surface area (Å²) in [5.74, 6) is -0.505. The highest BCUT2D eigenvalue weighted by atomic mass is 32.2. The summed E-state index contributed by atoms with van der Waals surface area (Å²) in [4.78, 5) is 22.8. The summed E-state index contributed by atoms with van der Waals surface area (Å²) in [6, 6.07) is 16.1. The number of benzene rings is 2. The lowest BCUT2D eigenvalue weighted by Crippen LogP contribution is -2.47. The highest BCUT2D eigenvalue weighted by Gasteiger charge is 2.41. The number of anilines is 3. The molecule has 0 amide bonds. The molecule has 5 aromatic rings. The van der Waals surface area contributed by atoms with Gasteiger partial charge in [-0.25, -0.2) is 18.8 Å². The minimum Gasteiger partial charge on any atom is -0.370 e. The molecule has 0 fully saturated rings. The zero-order valence-corrected chi connectivity index (χ0v) is 28.1. The molecule has 1 aliphatic carbocycles. The fourth-order valence-electron chi connectivity index (χ4n) is 5.21. The van der Waals surface area contributed by atoms with Crippen LogP contribution in [0.4, 0.5) is 39.4 Å². The standard InChI is InChI=1S/C18H16FN5S.C16H13F4N5S/c19-14-10-11(4-5-16(14)25-12-6-8-21-9-7-12)22-17-13-2-1-3-15(13)23-18(20)24-17;17-11-7-9(1-2-12(11)26-10-3-5-23-6-4-10)15(22)8-13(16(18,19)20)24-14(21)25-15/h4-10H,1-3H2,(H3,20,22,23,24);1-8H,22H2,(H3,21,24,25). The number of rotatable bonds is 7. The Hall–Kier alpha value is -5.26. The van der Waals surface area contributed by atoms with Crippen LogP contribution in [0.1, 0.15) is 23.2 Å². The quantitative estimate of drug-likeness (QED) is 0.111. The number of alkyl halides is 3. The number of guanidine groups is 1. The first kappa shape index (κ1) is 35.6. The Kier molecular flexibility index (Phi) is 10.4. The molecule has 2 aliphatic rings. The van der Waals surface area contributed by atoms with Gasteiger partial charge in [0.25, 0.3) is 0 Å². The van der Waals surface area contributed by atoms with Crippen LogP contribution < -0.4 is 27.8 Å². The predicted octanol–water partition coefficient (Wildman–Crippen LogP) is 6.82. The van der Waals surface area contributed by atoms with Crippen LogP contribution in [0.15, 0.2) is 122 Å². The van der Waals surface area contributed by atoms with Crippen molar-refractivity contribution in [2.45, 2.75) is 50.7 Å². The highest BCUT2D eigenvalue weighted by molar-refractivity contribution is 7.99. The van der Waals surface area contributed by atoms with Crippen molar-refractivity contribution in [1.82, 2.24) is 25.3 Å². The fraction of sp³-hybridized carbons (Fsp3) is 0.147. The van der Waals surface area contributed by atoms with Crippen LogP contribution in [0, 0.1) is 11.6 Å². The number of fused-ring (bicyclic) bond motifs is 1. The molecule has 2 aromatic carbocycles. The third-order valence-electron chi connectivity index (χ3n) is 7.53. The van der Waals surface area contributed by atoms with Gasteiger partial charge >= 0.3 is 6.18 Å². The maximum atomic E-state index is 14.5. The van der Waals surface area contributed by atoms with E-state index < -0.39 is 29.3 Å². The number of aryl methyl sites for hydroxylation is 1. The average molecular weight is 737 g/mol. The van der Waals surface area contributed by atoms with Crippen LogP contribution in [-0.4, -0.2) is 32.1 Å². The van der Waals surface area contributed by atoms with Gasteiger partial charge in [-0.3, -0.25) is 15.7 Å². The molecule has 3 aromatic heterocycles. The number of nitrogen functional groups attached to an aromatic ring is 1. The number of nitrogens with zero attached hydrogens (tertiary/aromatic N) is 5. The van der Waals surface area contributed by atoms with Crippen LogP contribution >= 0.6 is 23.5 Å². The summed E-state index contributed by atoms with van der Waals surface area (Å²) < 4.78 is 67.9. The van der Waals surface area contributed by atoms with Crippen molar-refractivity contribution < 1.29 is 22.0 Å². The molecule has 0 saturated heterocycles. The molecule has 51 heavy (non-hydrogen) atoms. The molecule has 8 N–H and O–H groups in total. The Labute approximate surface area is 297 Å². The number of halogens is 5. The maximum absolute atomic E-state index is 14.5. The molecule has 7 rings (SSSR count). The number of hydrogen-bond acceptors (Lipinski definition) is 12. The fourth-order valence-corrected chi connectivity index (χ4v) is 6.81. The van der Waals surface area contributed by atoms with Crippen LogP contribution in [0.2, 0.25) is 0 Å². The lowest BCUT2D eigenvalue weighted by Gasteiger charge is -2.29. The van der Waals surface area contributed by atoms with Gasteiger partial charge in [0.1, 0.15) is 23.1 Å². The van der Waals surface area contributed by atoms with Crippen molar-refractivity contribution in [1.29, 1.82) is 0 Å². The highest BCUT2D eigenvalue weighted by Crippen LogP contribution is 2.36. The summed E-state index contributed by atoms with van der Waals surface area (Å²) in [5, 5.41) is 5.11. The summed E-state index contributed by atoms with van der Waals surface area (Å²) >= 11 is 2.51. The van der Waals surface area contributed by atoms with Gasteiger partial charge in [0.05, 0.1) is 5.69 Å². The van der Waals surface area contributed by atoms with Crippen molar-refractivity contribution >= 4 is 46.9 Å². The number of aromatic nitrogens is 4. The smallest absolute Gasteiger partial charge is 0.370 e. The molecule has 1 atom stereocenters. The largest absolute Gasteiger partial charge is 0.431 e. The first-order valence-corrected chi connectivity index (χ1v) is 16.9. The second-order valence-electron chi connectivity index (χ2n) is 11.2. The third kappa shape index (κ3) is 8.73. The van der Waals surface area contributed by atoms with E-state index >= 15 is 0 Å². The van der Waals surface area contributed by atoms with Gasteiger partial charge in [0, 0.05) is 61.2 Å². The van der Waals surface area contributed by atoms with Gasteiger partial charge < -0.3 is 22.1 Å². The Morgan fingerprint density at radius 3 is 1.98 bits per heavy atom. The van der Waals surface area contributed by atoms with Gasteiger partial charge in [-0.15, -0.1) is 0 Å². The number of hydrogen-bond donors (Lipinski definition) is 5. The summed E-state index contributed by atoms with van der Waals surface area (Å²) in [6.07, 6.45) is 5.36. The molecule has 0 saturated carbocycles. The summed E-state index contributed by atoms with van der Waals surface area (Å²) in [6.45, 7) is 0. The molecule has 10 nitrogen and oxygen atoms in total. The lowest BCUT2D eigenvalue weighted by atomic mass is 9.98. The van der Waals surface area contributed by atoms with E-state index in [2.05, 4.69) is 30.2 Å². The van der Waals surface area contributed by atoms with Gasteiger partial charge in [0.15, 0.2) is 11.6 Å². The molecule has 262 valence electrons.